The number of hydrogen-bond donors (Lipinski definition) is 3. The molecule has 0 atom stereocenters. The summed E-state index contributed by atoms with van der Waals surface area (Å²) in [5.41, 5.74) is 1.45. The maximum atomic E-state index is 11.6. The number of azo groups is 1. The van der Waals surface area contributed by atoms with E-state index in [0.29, 0.717) is 30.2 Å². The van der Waals surface area contributed by atoms with Gasteiger partial charge in [0, 0.05) is 37.8 Å². The van der Waals surface area contributed by atoms with Crippen molar-refractivity contribution in [3.8, 4) is 0 Å². The number of non-ortho nitro benzene ring substituents is 1. The van der Waals surface area contributed by atoms with Crippen LogP contribution in [0.5, 0.6) is 0 Å². The number of benzene rings is 2. The van der Waals surface area contributed by atoms with E-state index in [1.165, 1.54) is 25.1 Å². The molecular formula is C18H20ClN5O5. The van der Waals surface area contributed by atoms with Crippen molar-refractivity contribution in [2.75, 3.05) is 36.5 Å². The summed E-state index contributed by atoms with van der Waals surface area (Å²) in [5.74, 6) is -0.317. The summed E-state index contributed by atoms with van der Waals surface area (Å²) in [5, 5.41) is 40.0. The fourth-order valence-corrected chi connectivity index (χ4v) is 2.72. The van der Waals surface area contributed by atoms with Crippen LogP contribution in [0.1, 0.15) is 6.92 Å². The smallest absolute Gasteiger partial charge is 0.271 e. The second kappa shape index (κ2) is 10.5. The van der Waals surface area contributed by atoms with Crippen molar-refractivity contribution in [3.05, 3.63) is 51.5 Å². The molecule has 29 heavy (non-hydrogen) atoms. The molecule has 154 valence electrons. The molecule has 11 heteroatoms. The predicted octanol–water partition coefficient (Wildman–Crippen LogP) is 3.41. The summed E-state index contributed by atoms with van der Waals surface area (Å²) in [6.45, 7) is 1.75. The molecule has 2 aromatic rings. The quantitative estimate of drug-likeness (QED) is 0.322. The number of rotatable bonds is 9. The van der Waals surface area contributed by atoms with Crippen molar-refractivity contribution in [3.63, 3.8) is 0 Å². The molecule has 0 saturated heterocycles. The number of aliphatic hydroxyl groups excluding tert-OH is 2. The fourth-order valence-electron chi connectivity index (χ4n) is 2.51. The number of halogens is 1. The zero-order chi connectivity index (χ0) is 21.4. The lowest BCUT2D eigenvalue weighted by atomic mass is 10.2. The molecule has 0 aliphatic rings. The van der Waals surface area contributed by atoms with Crippen LogP contribution in [-0.2, 0) is 4.79 Å². The van der Waals surface area contributed by atoms with Crippen LogP contribution in [0.3, 0.4) is 0 Å². The van der Waals surface area contributed by atoms with Crippen LogP contribution >= 0.6 is 11.6 Å². The molecule has 0 aliphatic carbocycles. The van der Waals surface area contributed by atoms with E-state index in [2.05, 4.69) is 15.5 Å². The minimum atomic E-state index is -0.565. The first kappa shape index (κ1) is 22.2. The Labute approximate surface area is 171 Å². The molecule has 0 saturated carbocycles. The Morgan fingerprint density at radius 2 is 1.76 bits per heavy atom. The van der Waals surface area contributed by atoms with Crippen molar-refractivity contribution in [1.82, 2.24) is 0 Å². The van der Waals surface area contributed by atoms with Crippen LogP contribution in [0, 0.1) is 10.1 Å². The lowest BCUT2D eigenvalue weighted by Crippen LogP contribution is -2.29. The largest absolute Gasteiger partial charge is 0.395 e. The minimum absolute atomic E-state index is 0.0673. The molecule has 0 radical (unpaired) electrons. The Hall–Kier alpha value is -3.08. The highest BCUT2D eigenvalue weighted by Gasteiger charge is 2.12. The fraction of sp³-hybridized carbons (Fsp3) is 0.278. The summed E-state index contributed by atoms with van der Waals surface area (Å²) in [6, 6.07) is 8.79. The van der Waals surface area contributed by atoms with Gasteiger partial charge in [0.25, 0.3) is 5.69 Å². The molecule has 0 bridgehead atoms. The van der Waals surface area contributed by atoms with Crippen LogP contribution in [0.15, 0.2) is 46.6 Å². The predicted molar refractivity (Wildman–Crippen MR) is 109 cm³/mol. The number of carbonyl (C=O) groups is 1. The van der Waals surface area contributed by atoms with Crippen LogP contribution in [-0.4, -0.2) is 47.3 Å². The number of aliphatic hydroxyl groups is 2. The van der Waals surface area contributed by atoms with Crippen molar-refractivity contribution in [2.45, 2.75) is 6.92 Å². The number of nitrogens with one attached hydrogen (secondary N) is 1. The maximum Gasteiger partial charge on any atom is 0.271 e. The average molecular weight is 422 g/mol. The number of nitro groups is 1. The molecule has 0 spiro atoms. The zero-order valence-corrected chi connectivity index (χ0v) is 16.3. The number of nitrogens with zero attached hydrogens (tertiary/aromatic N) is 4. The SMILES string of the molecule is CC(=O)Nc1cc(N(CCO)CCO)ccc1N=Nc1ccc([N+](=O)[O-])cc1Cl. The van der Waals surface area contributed by atoms with E-state index >= 15 is 0 Å². The molecule has 2 aromatic carbocycles. The van der Waals surface area contributed by atoms with Gasteiger partial charge < -0.3 is 20.4 Å². The lowest BCUT2D eigenvalue weighted by Gasteiger charge is -2.23. The number of nitro benzene ring substituents is 1. The topological polar surface area (TPSA) is 141 Å². The lowest BCUT2D eigenvalue weighted by molar-refractivity contribution is -0.384. The van der Waals surface area contributed by atoms with E-state index < -0.39 is 4.92 Å². The van der Waals surface area contributed by atoms with Crippen LogP contribution in [0.2, 0.25) is 5.02 Å². The highest BCUT2D eigenvalue weighted by Crippen LogP contribution is 2.34. The summed E-state index contributed by atoms with van der Waals surface area (Å²) >= 11 is 6.02. The molecule has 0 aromatic heterocycles. The highest BCUT2D eigenvalue weighted by molar-refractivity contribution is 6.33. The van der Waals surface area contributed by atoms with Gasteiger partial charge in [-0.1, -0.05) is 11.6 Å². The molecule has 3 N–H and O–H groups in total. The van der Waals surface area contributed by atoms with Crippen molar-refractivity contribution >= 4 is 45.9 Å². The maximum absolute atomic E-state index is 11.6. The van der Waals surface area contributed by atoms with Gasteiger partial charge in [-0.2, -0.15) is 0 Å². The first-order valence-electron chi connectivity index (χ1n) is 8.59. The van der Waals surface area contributed by atoms with E-state index in [1.54, 1.807) is 23.1 Å². The van der Waals surface area contributed by atoms with Crippen LogP contribution in [0.25, 0.3) is 0 Å². The first-order valence-corrected chi connectivity index (χ1v) is 8.97. The Balaban J connectivity index is 2.37. The van der Waals surface area contributed by atoms with E-state index in [-0.39, 0.29) is 35.5 Å². The van der Waals surface area contributed by atoms with Gasteiger partial charge in [-0.05, 0) is 24.3 Å². The van der Waals surface area contributed by atoms with Gasteiger partial charge in [-0.25, -0.2) is 0 Å². The van der Waals surface area contributed by atoms with E-state index in [9.17, 15) is 25.1 Å². The van der Waals surface area contributed by atoms with Crippen molar-refractivity contribution in [1.29, 1.82) is 0 Å². The number of anilines is 2. The number of amides is 1. The third kappa shape index (κ3) is 6.21. The third-order valence-electron chi connectivity index (χ3n) is 3.80. The molecule has 1 amide bonds. The molecule has 2 rings (SSSR count). The van der Waals surface area contributed by atoms with Gasteiger partial charge in [0.2, 0.25) is 5.91 Å². The van der Waals surface area contributed by atoms with Gasteiger partial charge in [0.15, 0.2) is 0 Å². The molecule has 0 heterocycles. The number of carbonyl (C=O) groups excluding carboxylic acids is 1. The van der Waals surface area contributed by atoms with Crippen LogP contribution < -0.4 is 10.2 Å². The van der Waals surface area contributed by atoms with Gasteiger partial charge in [-0.3, -0.25) is 14.9 Å². The molecule has 0 aliphatic heterocycles. The summed E-state index contributed by atoms with van der Waals surface area (Å²) in [4.78, 5) is 23.5. The van der Waals surface area contributed by atoms with Gasteiger partial charge in [0.05, 0.1) is 28.8 Å². The van der Waals surface area contributed by atoms with Crippen molar-refractivity contribution in [2.24, 2.45) is 10.2 Å². The molecular weight excluding hydrogens is 402 g/mol. The number of hydrogen-bond acceptors (Lipinski definition) is 8. The van der Waals surface area contributed by atoms with Crippen LogP contribution in [0.4, 0.5) is 28.4 Å². The summed E-state index contributed by atoms with van der Waals surface area (Å²) < 4.78 is 0. The van der Waals surface area contributed by atoms with E-state index in [4.69, 9.17) is 11.6 Å². The average Bonchev–Trinajstić information content (AvgIpc) is 2.67. The standard InChI is InChI=1S/C18H20ClN5O5/c1-12(27)20-18-11-13(23(6-8-25)7-9-26)2-5-17(18)22-21-16-4-3-14(24(28)29)10-15(16)19/h2-5,10-11,25-26H,6-9H2,1H3,(H,20,27). The Morgan fingerprint density at radius 3 is 2.31 bits per heavy atom. The molecule has 0 unspecified atom stereocenters. The van der Waals surface area contributed by atoms with E-state index in [1.807, 2.05) is 0 Å². The zero-order valence-electron chi connectivity index (χ0n) is 15.6. The first-order chi connectivity index (χ1) is 13.8. The minimum Gasteiger partial charge on any atom is -0.395 e. The van der Waals surface area contributed by atoms with Gasteiger partial charge >= 0.3 is 0 Å². The highest BCUT2D eigenvalue weighted by atomic mass is 35.5. The third-order valence-corrected chi connectivity index (χ3v) is 4.11. The second-order valence-corrected chi connectivity index (χ2v) is 6.32. The molecule has 10 nitrogen and oxygen atoms in total. The Bertz CT molecular complexity index is 916. The van der Waals surface area contributed by atoms with Crippen molar-refractivity contribution < 1.29 is 19.9 Å². The summed E-state index contributed by atoms with van der Waals surface area (Å²) in [6.07, 6.45) is 0. The summed E-state index contributed by atoms with van der Waals surface area (Å²) in [7, 11) is 0. The monoisotopic (exact) mass is 421 g/mol. The van der Waals surface area contributed by atoms with Gasteiger partial charge in [-0.15, -0.1) is 10.2 Å². The van der Waals surface area contributed by atoms with Gasteiger partial charge in [0.1, 0.15) is 11.4 Å². The normalized spacial score (nSPS) is 10.9. The second-order valence-electron chi connectivity index (χ2n) is 5.91. The Kier molecular flexibility index (Phi) is 8.01. The Morgan fingerprint density at radius 1 is 1.14 bits per heavy atom. The molecule has 0 fully saturated rings. The van der Waals surface area contributed by atoms with E-state index in [0.717, 1.165) is 0 Å².